The van der Waals surface area contributed by atoms with Crippen molar-refractivity contribution in [3.05, 3.63) is 11.4 Å². The van der Waals surface area contributed by atoms with Crippen LogP contribution in [0.1, 0.15) is 43.4 Å². The van der Waals surface area contributed by atoms with Gasteiger partial charge in [0.15, 0.2) is 5.69 Å². The van der Waals surface area contributed by atoms with Gasteiger partial charge in [-0.1, -0.05) is 26.0 Å². The number of aromatic nitrogens is 3. The van der Waals surface area contributed by atoms with Gasteiger partial charge in [-0.05, 0) is 6.42 Å². The van der Waals surface area contributed by atoms with Crippen LogP contribution in [0.15, 0.2) is 0 Å². The van der Waals surface area contributed by atoms with Gasteiger partial charge in [0.05, 0.1) is 12.4 Å². The van der Waals surface area contributed by atoms with Gasteiger partial charge in [-0.25, -0.2) is 9.48 Å². The molecule has 0 aromatic carbocycles. The molecule has 1 aromatic rings. The van der Waals surface area contributed by atoms with Crippen LogP contribution < -0.4 is 0 Å². The first kappa shape index (κ1) is 12.6. The third-order valence-electron chi connectivity index (χ3n) is 2.15. The van der Waals surface area contributed by atoms with E-state index in [1.54, 1.807) is 0 Å². The van der Waals surface area contributed by atoms with Crippen LogP contribution in [0, 0.1) is 0 Å². The number of aryl methyl sites for hydroxylation is 1. The fourth-order valence-electron chi connectivity index (χ4n) is 1.57. The second-order valence-electron chi connectivity index (χ2n) is 4.61. The average Bonchev–Trinajstić information content (AvgIpc) is 2.57. The second-order valence-corrected chi connectivity index (χ2v) is 4.61. The van der Waals surface area contributed by atoms with E-state index in [9.17, 15) is 9.18 Å². The highest BCUT2D eigenvalue weighted by Crippen LogP contribution is 2.24. The van der Waals surface area contributed by atoms with E-state index in [4.69, 9.17) is 5.11 Å². The van der Waals surface area contributed by atoms with E-state index < -0.39 is 12.6 Å². The molecule has 0 unspecified atom stereocenters. The van der Waals surface area contributed by atoms with Crippen molar-refractivity contribution in [1.82, 2.24) is 15.0 Å². The van der Waals surface area contributed by atoms with Crippen LogP contribution in [0.3, 0.4) is 0 Å². The van der Waals surface area contributed by atoms with E-state index in [1.807, 2.05) is 20.8 Å². The van der Waals surface area contributed by atoms with Crippen LogP contribution in [-0.4, -0.2) is 32.7 Å². The van der Waals surface area contributed by atoms with Gasteiger partial charge in [-0.15, -0.1) is 5.10 Å². The minimum Gasteiger partial charge on any atom is -0.476 e. The van der Waals surface area contributed by atoms with Gasteiger partial charge in [-0.3, -0.25) is 4.39 Å². The molecule has 0 aliphatic heterocycles. The third kappa shape index (κ3) is 2.56. The van der Waals surface area contributed by atoms with E-state index in [2.05, 4.69) is 10.3 Å². The molecule has 1 rings (SSSR count). The predicted molar refractivity (Wildman–Crippen MR) is 56.3 cm³/mol. The zero-order valence-corrected chi connectivity index (χ0v) is 9.70. The lowest BCUT2D eigenvalue weighted by Crippen LogP contribution is -2.22. The molecule has 0 bridgehead atoms. The van der Waals surface area contributed by atoms with Crippen molar-refractivity contribution in [2.45, 2.75) is 39.2 Å². The molecule has 0 fully saturated rings. The number of hydrogen-bond acceptors (Lipinski definition) is 3. The number of carboxylic acids is 1. The van der Waals surface area contributed by atoms with Gasteiger partial charge in [-0.2, -0.15) is 0 Å². The Balaban J connectivity index is 3.15. The molecule has 0 amide bonds. The predicted octanol–water partition coefficient (Wildman–Crippen LogP) is 1.63. The van der Waals surface area contributed by atoms with Crippen molar-refractivity contribution >= 4 is 5.97 Å². The van der Waals surface area contributed by atoms with Crippen LogP contribution in [0.5, 0.6) is 0 Å². The largest absolute Gasteiger partial charge is 0.476 e. The maximum absolute atomic E-state index is 12.1. The Morgan fingerprint density at radius 3 is 2.56 bits per heavy atom. The average molecular weight is 229 g/mol. The van der Waals surface area contributed by atoms with Crippen molar-refractivity contribution in [3.8, 4) is 0 Å². The smallest absolute Gasteiger partial charge is 0.358 e. The standard InChI is InChI=1S/C10H16FN3O2/c1-10(2,3)8-7(9(15)16)12-13-14(8)6-4-5-11/h4-6H2,1-3H3,(H,15,16). The summed E-state index contributed by atoms with van der Waals surface area (Å²) in [5.74, 6) is -1.10. The van der Waals surface area contributed by atoms with Gasteiger partial charge < -0.3 is 5.11 Å². The number of carboxylic acid groups (broad SMARTS) is 1. The lowest BCUT2D eigenvalue weighted by atomic mass is 9.90. The number of rotatable bonds is 4. The molecule has 1 N–H and O–H groups in total. The van der Waals surface area contributed by atoms with Crippen LogP contribution in [0.2, 0.25) is 0 Å². The fraction of sp³-hybridized carbons (Fsp3) is 0.700. The summed E-state index contributed by atoms with van der Waals surface area (Å²) in [5.41, 5.74) is 0.105. The Hall–Kier alpha value is -1.46. The Morgan fingerprint density at radius 1 is 1.50 bits per heavy atom. The zero-order chi connectivity index (χ0) is 12.3. The quantitative estimate of drug-likeness (QED) is 0.852. The first-order valence-corrected chi connectivity index (χ1v) is 5.11. The Bertz CT molecular complexity index is 382. The number of hydrogen-bond donors (Lipinski definition) is 1. The van der Waals surface area contributed by atoms with E-state index in [1.165, 1.54) is 4.68 Å². The van der Waals surface area contributed by atoms with Crippen molar-refractivity contribution in [1.29, 1.82) is 0 Å². The molecule has 6 heteroatoms. The van der Waals surface area contributed by atoms with Crippen LogP contribution >= 0.6 is 0 Å². The molecule has 0 aliphatic rings. The van der Waals surface area contributed by atoms with Gasteiger partial charge in [0.25, 0.3) is 0 Å². The highest BCUT2D eigenvalue weighted by molar-refractivity contribution is 5.86. The Kier molecular flexibility index (Phi) is 3.62. The van der Waals surface area contributed by atoms with Crippen molar-refractivity contribution in [3.63, 3.8) is 0 Å². The summed E-state index contributed by atoms with van der Waals surface area (Å²) in [6.45, 7) is 5.54. The van der Waals surface area contributed by atoms with Crippen LogP contribution in [0.4, 0.5) is 4.39 Å². The van der Waals surface area contributed by atoms with E-state index in [0.717, 1.165) is 0 Å². The molecule has 5 nitrogen and oxygen atoms in total. The highest BCUT2D eigenvalue weighted by atomic mass is 19.1. The molecule has 0 saturated carbocycles. The molecule has 1 aromatic heterocycles. The number of carbonyl (C=O) groups is 1. The monoisotopic (exact) mass is 229 g/mol. The Morgan fingerprint density at radius 2 is 2.12 bits per heavy atom. The summed E-state index contributed by atoms with van der Waals surface area (Å²) < 4.78 is 13.6. The summed E-state index contributed by atoms with van der Waals surface area (Å²) in [6, 6.07) is 0. The maximum Gasteiger partial charge on any atom is 0.358 e. The minimum absolute atomic E-state index is 0.0497. The molecule has 16 heavy (non-hydrogen) atoms. The number of halogens is 1. The molecule has 0 atom stereocenters. The SMILES string of the molecule is CC(C)(C)c1c(C(=O)O)nnn1CCCF. The zero-order valence-electron chi connectivity index (χ0n) is 9.70. The first-order valence-electron chi connectivity index (χ1n) is 5.11. The second kappa shape index (κ2) is 4.59. The van der Waals surface area contributed by atoms with E-state index in [0.29, 0.717) is 18.7 Å². The number of nitrogens with zero attached hydrogens (tertiary/aromatic N) is 3. The van der Waals surface area contributed by atoms with Gasteiger partial charge in [0.1, 0.15) is 0 Å². The van der Waals surface area contributed by atoms with Crippen LogP contribution in [0.25, 0.3) is 0 Å². The van der Waals surface area contributed by atoms with E-state index in [-0.39, 0.29) is 11.1 Å². The highest BCUT2D eigenvalue weighted by Gasteiger charge is 2.28. The molecular weight excluding hydrogens is 213 g/mol. The fourth-order valence-corrected chi connectivity index (χ4v) is 1.57. The normalized spacial score (nSPS) is 11.8. The molecule has 0 spiro atoms. The minimum atomic E-state index is -1.10. The molecule has 1 heterocycles. The van der Waals surface area contributed by atoms with Crippen molar-refractivity contribution < 1.29 is 14.3 Å². The molecule has 0 radical (unpaired) electrons. The maximum atomic E-state index is 12.1. The lowest BCUT2D eigenvalue weighted by molar-refractivity contribution is 0.0687. The third-order valence-corrected chi connectivity index (χ3v) is 2.15. The van der Waals surface area contributed by atoms with Gasteiger partial charge in [0.2, 0.25) is 0 Å². The summed E-state index contributed by atoms with van der Waals surface area (Å²) in [5, 5.41) is 16.4. The lowest BCUT2D eigenvalue weighted by Gasteiger charge is -2.20. The number of aromatic carboxylic acids is 1. The molecule has 0 aliphatic carbocycles. The summed E-state index contributed by atoms with van der Waals surface area (Å²) in [7, 11) is 0. The summed E-state index contributed by atoms with van der Waals surface area (Å²) >= 11 is 0. The van der Waals surface area contributed by atoms with Crippen LogP contribution in [-0.2, 0) is 12.0 Å². The summed E-state index contributed by atoms with van der Waals surface area (Å²) in [6.07, 6.45) is 0.311. The molecule has 90 valence electrons. The Labute approximate surface area is 93.3 Å². The van der Waals surface area contributed by atoms with Crippen molar-refractivity contribution in [2.24, 2.45) is 0 Å². The van der Waals surface area contributed by atoms with E-state index >= 15 is 0 Å². The molecule has 0 saturated heterocycles. The van der Waals surface area contributed by atoms with Gasteiger partial charge in [0, 0.05) is 12.0 Å². The first-order chi connectivity index (χ1) is 7.38. The van der Waals surface area contributed by atoms with Gasteiger partial charge >= 0.3 is 5.97 Å². The topological polar surface area (TPSA) is 68.0 Å². The number of alkyl halides is 1. The summed E-state index contributed by atoms with van der Waals surface area (Å²) in [4.78, 5) is 11.0. The van der Waals surface area contributed by atoms with Crippen molar-refractivity contribution in [2.75, 3.05) is 6.67 Å². The molecular formula is C10H16FN3O2.